The highest BCUT2D eigenvalue weighted by molar-refractivity contribution is 7.92. The second-order valence-electron chi connectivity index (χ2n) is 4.55. The van der Waals surface area contributed by atoms with Gasteiger partial charge in [-0.25, -0.2) is 17.2 Å². The highest BCUT2D eigenvalue weighted by Crippen LogP contribution is 2.18. The van der Waals surface area contributed by atoms with Crippen molar-refractivity contribution in [2.24, 2.45) is 5.73 Å². The fourth-order valence-corrected chi connectivity index (χ4v) is 2.89. The maximum atomic E-state index is 13.1. The van der Waals surface area contributed by atoms with Gasteiger partial charge in [0.1, 0.15) is 11.6 Å². The summed E-state index contributed by atoms with van der Waals surface area (Å²) in [6.07, 6.45) is 0.0299. The van der Waals surface area contributed by atoms with Gasteiger partial charge in [-0.1, -0.05) is 12.1 Å². The Labute approximate surface area is 125 Å². The van der Waals surface area contributed by atoms with Gasteiger partial charge in [0.15, 0.2) is 0 Å². The van der Waals surface area contributed by atoms with E-state index in [-0.39, 0.29) is 12.1 Å². The molecule has 0 unspecified atom stereocenters. The lowest BCUT2D eigenvalue weighted by atomic mass is 10.1. The average Bonchev–Trinajstić information content (AvgIpc) is 2.39. The first-order valence-electron chi connectivity index (χ1n) is 6.12. The molecule has 0 aliphatic rings. The van der Waals surface area contributed by atoms with Gasteiger partial charge in [0, 0.05) is 11.8 Å². The van der Waals surface area contributed by atoms with E-state index in [0.717, 1.165) is 0 Å². The summed E-state index contributed by atoms with van der Waals surface area (Å²) in [4.78, 5) is 10.2. The number of carbonyl (C=O) groups excluding carboxylic acids is 1. The molecule has 2 aromatic carbocycles. The molecule has 0 atom stereocenters. The number of nitrogens with one attached hydrogen (secondary N) is 1. The number of anilines is 1. The molecule has 0 aliphatic carbocycles. The van der Waals surface area contributed by atoms with Gasteiger partial charge >= 0.3 is 0 Å². The number of amides is 1. The molecule has 1 amide bonds. The highest BCUT2D eigenvalue weighted by atomic mass is 32.2. The molecule has 5 nitrogen and oxygen atoms in total. The monoisotopic (exact) mass is 326 g/mol. The lowest BCUT2D eigenvalue weighted by Gasteiger charge is -2.09. The van der Waals surface area contributed by atoms with Crippen LogP contribution in [0.5, 0.6) is 0 Å². The second kappa shape index (κ2) is 6.10. The zero-order valence-corrected chi connectivity index (χ0v) is 12.0. The number of primary amides is 1. The molecule has 0 saturated heterocycles. The molecule has 0 saturated carbocycles. The summed E-state index contributed by atoms with van der Waals surface area (Å²) in [7, 11) is -4.12. The van der Waals surface area contributed by atoms with Gasteiger partial charge in [0.25, 0.3) is 10.0 Å². The molecule has 2 aromatic rings. The molecule has 0 fully saturated rings. The summed E-state index contributed by atoms with van der Waals surface area (Å²) >= 11 is 0. The van der Waals surface area contributed by atoms with Crippen LogP contribution >= 0.6 is 0 Å². The smallest absolute Gasteiger partial charge is 0.262 e. The Bertz CT molecular complexity index is 785. The number of carbonyl (C=O) groups is 1. The maximum absolute atomic E-state index is 13.1. The third kappa shape index (κ3) is 4.01. The normalized spacial score (nSPS) is 11.2. The van der Waals surface area contributed by atoms with E-state index in [4.69, 9.17) is 5.73 Å². The molecular formula is C14H12F2N2O3S. The Hall–Kier alpha value is -2.48. The molecule has 0 aromatic heterocycles. The largest absolute Gasteiger partial charge is 0.369 e. The topological polar surface area (TPSA) is 89.3 Å². The summed E-state index contributed by atoms with van der Waals surface area (Å²) < 4.78 is 52.5. The Morgan fingerprint density at radius 2 is 1.59 bits per heavy atom. The number of sulfonamides is 1. The Balaban J connectivity index is 2.23. The van der Waals surface area contributed by atoms with E-state index in [1.807, 2.05) is 0 Å². The molecule has 0 spiro atoms. The van der Waals surface area contributed by atoms with Crippen molar-refractivity contribution in [3.63, 3.8) is 0 Å². The number of nitrogens with two attached hydrogens (primary N) is 1. The van der Waals surface area contributed by atoms with Crippen LogP contribution in [0.1, 0.15) is 5.56 Å². The van der Waals surface area contributed by atoms with Gasteiger partial charge in [-0.2, -0.15) is 0 Å². The molecule has 2 rings (SSSR count). The van der Waals surface area contributed by atoms with Gasteiger partial charge in [-0.15, -0.1) is 0 Å². The Morgan fingerprint density at radius 1 is 1.05 bits per heavy atom. The third-order valence-electron chi connectivity index (χ3n) is 2.73. The van der Waals surface area contributed by atoms with Crippen molar-refractivity contribution in [2.45, 2.75) is 11.3 Å². The zero-order valence-electron chi connectivity index (χ0n) is 11.2. The minimum atomic E-state index is -4.12. The molecule has 0 heterocycles. The van der Waals surface area contributed by atoms with Gasteiger partial charge < -0.3 is 5.73 Å². The lowest BCUT2D eigenvalue weighted by molar-refractivity contribution is -0.117. The van der Waals surface area contributed by atoms with Crippen LogP contribution in [0.3, 0.4) is 0 Å². The van der Waals surface area contributed by atoms with Crippen molar-refractivity contribution in [3.05, 3.63) is 59.7 Å². The van der Waals surface area contributed by atoms with Crippen molar-refractivity contribution in [3.8, 4) is 0 Å². The Kier molecular flexibility index (Phi) is 4.41. The fourth-order valence-electron chi connectivity index (χ4n) is 1.79. The standard InChI is InChI=1S/C14H12F2N2O3S/c15-10-6-11(16)8-13(7-10)22(20,21)18-12-3-1-9(2-4-12)5-14(17)19/h1-4,6-8,18H,5H2,(H2,17,19). The van der Waals surface area contributed by atoms with Crippen LogP contribution in [0.25, 0.3) is 0 Å². The van der Waals surface area contributed by atoms with Crippen LogP contribution in [0.4, 0.5) is 14.5 Å². The molecule has 3 N–H and O–H groups in total. The predicted octanol–water partition coefficient (Wildman–Crippen LogP) is 1.79. The van der Waals surface area contributed by atoms with Gasteiger partial charge in [0.05, 0.1) is 11.3 Å². The summed E-state index contributed by atoms with van der Waals surface area (Å²) in [6.45, 7) is 0. The van der Waals surface area contributed by atoms with Crippen LogP contribution in [-0.4, -0.2) is 14.3 Å². The van der Waals surface area contributed by atoms with Crippen LogP contribution in [0.2, 0.25) is 0 Å². The lowest BCUT2D eigenvalue weighted by Crippen LogP contribution is -2.15. The SMILES string of the molecule is NC(=O)Cc1ccc(NS(=O)(=O)c2cc(F)cc(F)c2)cc1. The number of hydrogen-bond donors (Lipinski definition) is 2. The average molecular weight is 326 g/mol. The number of hydrogen-bond acceptors (Lipinski definition) is 3. The van der Waals surface area contributed by atoms with Gasteiger partial charge in [-0.05, 0) is 29.8 Å². The van der Waals surface area contributed by atoms with E-state index >= 15 is 0 Å². The summed E-state index contributed by atoms with van der Waals surface area (Å²) in [5, 5.41) is 0. The second-order valence-corrected chi connectivity index (χ2v) is 6.23. The maximum Gasteiger partial charge on any atom is 0.262 e. The third-order valence-corrected chi connectivity index (χ3v) is 4.09. The number of benzene rings is 2. The van der Waals surface area contributed by atoms with Gasteiger partial charge in [0.2, 0.25) is 5.91 Å². The van der Waals surface area contributed by atoms with Crippen molar-refractivity contribution in [2.75, 3.05) is 4.72 Å². The summed E-state index contributed by atoms with van der Waals surface area (Å²) in [5.41, 5.74) is 5.86. The van der Waals surface area contributed by atoms with Crippen LogP contribution in [0.15, 0.2) is 47.4 Å². The first-order valence-corrected chi connectivity index (χ1v) is 7.61. The van der Waals surface area contributed by atoms with Crippen molar-refractivity contribution in [1.29, 1.82) is 0 Å². The quantitative estimate of drug-likeness (QED) is 0.878. The van der Waals surface area contributed by atoms with Gasteiger partial charge in [-0.3, -0.25) is 9.52 Å². The number of rotatable bonds is 5. The van der Waals surface area contributed by atoms with Crippen molar-refractivity contribution in [1.82, 2.24) is 0 Å². The van der Waals surface area contributed by atoms with Crippen molar-refractivity contribution < 1.29 is 22.0 Å². The molecule has 22 heavy (non-hydrogen) atoms. The zero-order chi connectivity index (χ0) is 16.3. The molecule has 0 bridgehead atoms. The first-order chi connectivity index (χ1) is 10.3. The van der Waals surface area contributed by atoms with E-state index in [0.29, 0.717) is 23.8 Å². The molecular weight excluding hydrogens is 314 g/mol. The number of halogens is 2. The van der Waals surface area contributed by atoms with E-state index in [1.165, 1.54) is 24.3 Å². The molecule has 116 valence electrons. The van der Waals surface area contributed by atoms with E-state index in [9.17, 15) is 22.0 Å². The van der Waals surface area contributed by atoms with Crippen molar-refractivity contribution >= 4 is 21.6 Å². The fraction of sp³-hybridized carbons (Fsp3) is 0.0714. The van der Waals surface area contributed by atoms with Crippen LogP contribution in [-0.2, 0) is 21.2 Å². The highest BCUT2D eigenvalue weighted by Gasteiger charge is 2.16. The Morgan fingerprint density at radius 3 is 2.09 bits per heavy atom. The minimum Gasteiger partial charge on any atom is -0.369 e. The molecule has 8 heteroatoms. The van der Waals surface area contributed by atoms with Crippen LogP contribution in [0, 0.1) is 11.6 Å². The molecule has 0 radical (unpaired) electrons. The summed E-state index contributed by atoms with van der Waals surface area (Å²) in [5.74, 6) is -2.49. The van der Waals surface area contributed by atoms with Crippen LogP contribution < -0.4 is 10.5 Å². The predicted molar refractivity (Wildman–Crippen MR) is 76.5 cm³/mol. The van der Waals surface area contributed by atoms with E-state index in [2.05, 4.69) is 4.72 Å². The molecule has 0 aliphatic heterocycles. The summed E-state index contributed by atoms with van der Waals surface area (Å²) in [6, 6.07) is 7.90. The minimum absolute atomic E-state index is 0.0299. The van der Waals surface area contributed by atoms with E-state index in [1.54, 1.807) is 0 Å². The first kappa shape index (κ1) is 15.9. The van der Waals surface area contributed by atoms with E-state index < -0.39 is 32.5 Å².